The predicted molar refractivity (Wildman–Crippen MR) is 94.6 cm³/mol. The second-order valence-corrected chi connectivity index (χ2v) is 7.31. The molecule has 1 aliphatic carbocycles. The van der Waals surface area contributed by atoms with Crippen molar-refractivity contribution in [2.45, 2.75) is 31.5 Å². The van der Waals surface area contributed by atoms with Crippen LogP contribution < -0.4 is 10.3 Å². The Hall–Kier alpha value is -1.46. The number of rotatable bonds is 6. The third-order valence-electron chi connectivity index (χ3n) is 4.27. The lowest BCUT2D eigenvalue weighted by Gasteiger charge is -2.21. The van der Waals surface area contributed by atoms with Crippen LogP contribution in [0.4, 0.5) is 5.69 Å². The Bertz CT molecular complexity index is 630. The zero-order valence-corrected chi connectivity index (χ0v) is 14.9. The van der Waals surface area contributed by atoms with Crippen LogP contribution >= 0.6 is 23.2 Å². The summed E-state index contributed by atoms with van der Waals surface area (Å²) in [6.45, 7) is 7.51. The van der Waals surface area contributed by atoms with Crippen molar-refractivity contribution in [2.75, 3.05) is 18.0 Å². The van der Waals surface area contributed by atoms with Crippen molar-refractivity contribution in [1.29, 1.82) is 0 Å². The molecule has 1 aromatic carbocycles. The van der Waals surface area contributed by atoms with Gasteiger partial charge >= 0.3 is 0 Å². The van der Waals surface area contributed by atoms with Crippen LogP contribution in [0, 0.1) is 5.41 Å². The molecule has 0 radical (unpaired) electrons. The van der Waals surface area contributed by atoms with E-state index in [1.54, 1.807) is 19.1 Å². The van der Waals surface area contributed by atoms with Crippen molar-refractivity contribution >= 4 is 41.0 Å². The molecule has 1 saturated carbocycles. The molecule has 2 rings (SSSR count). The SMILES string of the molecule is CCN(CC)c1ccc(/C=N/NC(=O)C2(C)CC2(Cl)Cl)c(O)c1. The fourth-order valence-corrected chi connectivity index (χ4v) is 3.06. The van der Waals surface area contributed by atoms with Gasteiger partial charge in [0.05, 0.1) is 11.6 Å². The quantitative estimate of drug-likeness (QED) is 0.466. The van der Waals surface area contributed by atoms with Gasteiger partial charge in [-0.15, -0.1) is 23.2 Å². The third kappa shape index (κ3) is 3.56. The average molecular weight is 358 g/mol. The van der Waals surface area contributed by atoms with Gasteiger partial charge in [0.15, 0.2) is 0 Å². The minimum atomic E-state index is -1.03. The molecule has 5 nitrogen and oxygen atoms in total. The minimum absolute atomic E-state index is 0.106. The molecule has 1 atom stereocenters. The van der Waals surface area contributed by atoms with Gasteiger partial charge in [-0.1, -0.05) is 0 Å². The Morgan fingerprint density at radius 3 is 2.52 bits per heavy atom. The van der Waals surface area contributed by atoms with E-state index < -0.39 is 9.75 Å². The molecule has 0 spiro atoms. The van der Waals surface area contributed by atoms with Crippen LogP contribution in [-0.2, 0) is 4.79 Å². The summed E-state index contributed by atoms with van der Waals surface area (Å²) < 4.78 is -1.03. The van der Waals surface area contributed by atoms with Gasteiger partial charge in [-0.2, -0.15) is 5.10 Å². The summed E-state index contributed by atoms with van der Waals surface area (Å²) >= 11 is 11.9. The molecule has 0 bridgehead atoms. The first kappa shape index (κ1) is 17.9. The van der Waals surface area contributed by atoms with Crippen molar-refractivity contribution in [2.24, 2.45) is 10.5 Å². The number of carbonyl (C=O) groups excluding carboxylic acids is 1. The summed E-state index contributed by atoms with van der Waals surface area (Å²) in [5, 5.41) is 14.0. The number of alkyl halides is 2. The first-order valence-corrected chi connectivity index (χ1v) is 8.30. The van der Waals surface area contributed by atoms with Crippen LogP contribution in [0.5, 0.6) is 5.75 Å². The molecule has 23 heavy (non-hydrogen) atoms. The van der Waals surface area contributed by atoms with E-state index in [1.807, 2.05) is 6.07 Å². The van der Waals surface area contributed by atoms with Crippen LogP contribution in [0.15, 0.2) is 23.3 Å². The average Bonchev–Trinajstić information content (AvgIpc) is 3.02. The summed E-state index contributed by atoms with van der Waals surface area (Å²) in [6.07, 6.45) is 1.80. The number of amides is 1. The van der Waals surface area contributed by atoms with Crippen LogP contribution in [0.2, 0.25) is 0 Å². The number of phenolic OH excluding ortho intramolecular Hbond substituents is 1. The number of hydrogen-bond acceptors (Lipinski definition) is 4. The van der Waals surface area contributed by atoms with Crippen LogP contribution in [0.3, 0.4) is 0 Å². The summed E-state index contributed by atoms with van der Waals surface area (Å²) in [5.41, 5.74) is 3.06. The number of phenols is 1. The van der Waals surface area contributed by atoms with E-state index in [2.05, 4.69) is 29.3 Å². The molecule has 1 fully saturated rings. The highest BCUT2D eigenvalue weighted by atomic mass is 35.5. The van der Waals surface area contributed by atoms with Gasteiger partial charge in [0.1, 0.15) is 10.1 Å². The van der Waals surface area contributed by atoms with Crippen LogP contribution in [0.25, 0.3) is 0 Å². The fourth-order valence-electron chi connectivity index (χ4n) is 2.36. The van der Waals surface area contributed by atoms with Crippen molar-refractivity contribution in [3.8, 4) is 5.75 Å². The number of carbonyl (C=O) groups is 1. The molecule has 0 aromatic heterocycles. The van der Waals surface area contributed by atoms with Crippen LogP contribution in [-0.4, -0.2) is 34.7 Å². The number of hydrazone groups is 1. The van der Waals surface area contributed by atoms with Crippen molar-refractivity contribution < 1.29 is 9.90 Å². The summed E-state index contributed by atoms with van der Waals surface area (Å²) in [5.74, 6) is -0.230. The van der Waals surface area contributed by atoms with Gasteiger partial charge in [-0.3, -0.25) is 4.79 Å². The van der Waals surface area contributed by atoms with E-state index in [0.29, 0.717) is 12.0 Å². The lowest BCUT2D eigenvalue weighted by Crippen LogP contribution is -2.29. The van der Waals surface area contributed by atoms with Crippen molar-refractivity contribution in [3.05, 3.63) is 23.8 Å². The number of hydrogen-bond donors (Lipinski definition) is 2. The normalized spacial score (nSPS) is 22.1. The topological polar surface area (TPSA) is 64.9 Å². The molecule has 7 heteroatoms. The molecule has 0 aliphatic heterocycles. The van der Waals surface area contributed by atoms with E-state index >= 15 is 0 Å². The number of aromatic hydroxyl groups is 1. The molecule has 2 N–H and O–H groups in total. The second-order valence-electron chi connectivity index (χ2n) is 5.83. The van der Waals surface area contributed by atoms with E-state index in [1.165, 1.54) is 6.21 Å². The van der Waals surface area contributed by atoms with Crippen LogP contribution in [0.1, 0.15) is 32.8 Å². The van der Waals surface area contributed by atoms with Crippen molar-refractivity contribution in [3.63, 3.8) is 0 Å². The monoisotopic (exact) mass is 357 g/mol. The first-order chi connectivity index (χ1) is 10.7. The molecule has 126 valence electrons. The molecule has 0 saturated heterocycles. The minimum Gasteiger partial charge on any atom is -0.507 e. The van der Waals surface area contributed by atoms with Gasteiger partial charge in [-0.05, 0) is 39.3 Å². The number of anilines is 1. The highest BCUT2D eigenvalue weighted by molar-refractivity contribution is 6.53. The Labute approximate surface area is 146 Å². The highest BCUT2D eigenvalue weighted by Crippen LogP contribution is 2.63. The second kappa shape index (κ2) is 6.57. The molecule has 1 aromatic rings. The summed E-state index contributed by atoms with van der Waals surface area (Å²) in [7, 11) is 0. The van der Waals surface area contributed by atoms with Gasteiger partial charge in [0, 0.05) is 30.4 Å². The summed E-state index contributed by atoms with van der Waals surface area (Å²) in [6, 6.07) is 5.34. The zero-order valence-electron chi connectivity index (χ0n) is 13.4. The largest absolute Gasteiger partial charge is 0.507 e. The summed E-state index contributed by atoms with van der Waals surface area (Å²) in [4.78, 5) is 14.1. The van der Waals surface area contributed by atoms with E-state index in [0.717, 1.165) is 18.8 Å². The lowest BCUT2D eigenvalue weighted by molar-refractivity contribution is -0.125. The fraction of sp³-hybridized carbons (Fsp3) is 0.500. The van der Waals surface area contributed by atoms with Gasteiger partial charge in [0.25, 0.3) is 0 Å². The smallest absolute Gasteiger partial charge is 0.249 e. The maximum absolute atomic E-state index is 12.0. The zero-order chi connectivity index (χ0) is 17.3. The standard InChI is InChI=1S/C16H21Cl2N3O2/c1-4-21(5-2)12-7-6-11(13(22)8-12)9-19-20-14(23)15(3)10-16(15,17)18/h6-9,22H,4-5,10H2,1-3H3,(H,20,23)/b19-9+. The predicted octanol–water partition coefficient (Wildman–Crippen LogP) is 3.27. The molecular formula is C16H21Cl2N3O2. The molecule has 1 aliphatic rings. The Morgan fingerprint density at radius 2 is 2.04 bits per heavy atom. The van der Waals surface area contributed by atoms with Gasteiger partial charge in [-0.25, -0.2) is 5.43 Å². The number of nitrogens with zero attached hydrogens (tertiary/aromatic N) is 2. The van der Waals surface area contributed by atoms with E-state index in [4.69, 9.17) is 23.2 Å². The first-order valence-electron chi connectivity index (χ1n) is 7.54. The van der Waals surface area contributed by atoms with Gasteiger partial charge in [0.2, 0.25) is 5.91 Å². The highest BCUT2D eigenvalue weighted by Gasteiger charge is 2.68. The molecule has 0 heterocycles. The maximum atomic E-state index is 12.0. The van der Waals surface area contributed by atoms with E-state index in [-0.39, 0.29) is 11.7 Å². The third-order valence-corrected chi connectivity index (χ3v) is 5.37. The Kier molecular flexibility index (Phi) is 5.11. The molecular weight excluding hydrogens is 337 g/mol. The molecule has 1 amide bonds. The number of nitrogens with one attached hydrogen (secondary N) is 1. The van der Waals surface area contributed by atoms with Crippen molar-refractivity contribution in [1.82, 2.24) is 5.43 Å². The maximum Gasteiger partial charge on any atom is 0.249 e. The lowest BCUT2D eigenvalue weighted by atomic mass is 10.1. The number of halogens is 2. The Balaban J connectivity index is 2.02. The van der Waals surface area contributed by atoms with E-state index in [9.17, 15) is 9.90 Å². The van der Waals surface area contributed by atoms with Gasteiger partial charge < -0.3 is 10.0 Å². The molecule has 1 unspecified atom stereocenters. The number of benzene rings is 1. The Morgan fingerprint density at radius 1 is 1.43 bits per heavy atom.